The molecule has 0 aromatic heterocycles. The Labute approximate surface area is 68.6 Å². The van der Waals surface area contributed by atoms with E-state index in [1.165, 1.54) is 12.8 Å². The molecule has 0 N–H and O–H groups in total. The Morgan fingerprint density at radius 2 is 2.40 bits per heavy atom. The van der Waals surface area contributed by atoms with Crippen LogP contribution in [0.2, 0.25) is 6.04 Å². The van der Waals surface area contributed by atoms with Crippen LogP contribution in [0.5, 0.6) is 0 Å². The molecule has 0 amide bonds. The summed E-state index contributed by atoms with van der Waals surface area (Å²) < 4.78 is 11.0. The van der Waals surface area contributed by atoms with Gasteiger partial charge in [-0.05, 0) is 18.9 Å². The molecule has 60 valence electrons. The highest BCUT2D eigenvalue weighted by atomic mass is 32.1. The first-order valence-electron chi connectivity index (χ1n) is 3.63. The van der Waals surface area contributed by atoms with E-state index in [9.17, 15) is 0 Å². The third kappa shape index (κ3) is 1.75. The topological polar surface area (TPSA) is 18.5 Å². The molecule has 2 nitrogen and oxygen atoms in total. The molecular weight excluding hydrogens is 164 g/mol. The molecule has 10 heavy (non-hydrogen) atoms. The summed E-state index contributed by atoms with van der Waals surface area (Å²) in [6.07, 6.45) is 2.44. The second-order valence-corrected chi connectivity index (χ2v) is 6.86. The molecule has 0 spiro atoms. The fourth-order valence-corrected chi connectivity index (χ4v) is 4.46. The molecule has 0 aliphatic carbocycles. The fraction of sp³-hybridized carbons (Fsp3) is 1.00. The molecule has 1 aliphatic rings. The van der Waals surface area contributed by atoms with Crippen LogP contribution in [-0.2, 0) is 8.85 Å². The van der Waals surface area contributed by atoms with Crippen LogP contribution in [-0.4, -0.2) is 27.7 Å². The Morgan fingerprint density at radius 3 is 2.70 bits per heavy atom. The van der Waals surface area contributed by atoms with E-state index in [4.69, 9.17) is 8.85 Å². The monoisotopic (exact) mass is 178 g/mol. The first kappa shape index (κ1) is 8.58. The van der Waals surface area contributed by atoms with Gasteiger partial charge in [-0.25, -0.2) is 0 Å². The number of hydrogen-bond acceptors (Lipinski definition) is 3. The number of hydrogen-bond donors (Lipinski definition) is 1. The maximum Gasteiger partial charge on any atom is 0.347 e. The summed E-state index contributed by atoms with van der Waals surface area (Å²) in [6, 6.07) is 1.12. The van der Waals surface area contributed by atoms with E-state index in [1.54, 1.807) is 7.11 Å². The third-order valence-electron chi connectivity index (χ3n) is 1.93. The van der Waals surface area contributed by atoms with Crippen LogP contribution in [0.3, 0.4) is 0 Å². The first-order chi connectivity index (χ1) is 4.83. The molecule has 0 aromatic rings. The predicted molar refractivity (Wildman–Crippen MR) is 46.6 cm³/mol. The van der Waals surface area contributed by atoms with E-state index in [0.717, 1.165) is 18.0 Å². The average Bonchev–Trinajstić information content (AvgIpc) is 2.06. The molecule has 1 rings (SSSR count). The largest absolute Gasteiger partial charge is 0.397 e. The quantitative estimate of drug-likeness (QED) is 0.508. The van der Waals surface area contributed by atoms with Crippen LogP contribution < -0.4 is 0 Å². The summed E-state index contributed by atoms with van der Waals surface area (Å²) in [5, 5.41) is 0.795. The van der Waals surface area contributed by atoms with Crippen molar-refractivity contribution in [3.63, 3.8) is 0 Å². The van der Waals surface area contributed by atoms with E-state index in [0.29, 0.717) is 0 Å². The van der Waals surface area contributed by atoms with Crippen molar-refractivity contribution in [2.45, 2.75) is 18.9 Å². The van der Waals surface area contributed by atoms with Crippen LogP contribution in [0.1, 0.15) is 12.8 Å². The van der Waals surface area contributed by atoms with Crippen LogP contribution >= 0.6 is 12.6 Å². The van der Waals surface area contributed by atoms with Crippen LogP contribution in [0.15, 0.2) is 0 Å². The lowest BCUT2D eigenvalue weighted by molar-refractivity contribution is 0.180. The van der Waals surface area contributed by atoms with E-state index in [2.05, 4.69) is 12.6 Å². The summed E-state index contributed by atoms with van der Waals surface area (Å²) in [5.41, 5.74) is 0. The fourth-order valence-electron chi connectivity index (χ4n) is 1.18. The summed E-state index contributed by atoms with van der Waals surface area (Å²) in [4.78, 5) is 0. The van der Waals surface area contributed by atoms with Crippen molar-refractivity contribution in [2.24, 2.45) is 0 Å². The van der Waals surface area contributed by atoms with Crippen LogP contribution in [0.25, 0.3) is 0 Å². The van der Waals surface area contributed by atoms with Gasteiger partial charge in [0.1, 0.15) is 0 Å². The van der Waals surface area contributed by atoms with Crippen molar-refractivity contribution in [3.8, 4) is 0 Å². The number of rotatable bonds is 2. The van der Waals surface area contributed by atoms with Crippen molar-refractivity contribution in [3.05, 3.63) is 0 Å². The van der Waals surface area contributed by atoms with E-state index in [1.807, 2.05) is 0 Å². The maximum atomic E-state index is 5.60. The van der Waals surface area contributed by atoms with Crippen molar-refractivity contribution in [1.29, 1.82) is 0 Å². The third-order valence-corrected chi connectivity index (χ3v) is 6.45. The van der Waals surface area contributed by atoms with Gasteiger partial charge in [0, 0.05) is 19.1 Å². The zero-order valence-electron chi connectivity index (χ0n) is 6.30. The minimum Gasteiger partial charge on any atom is -0.397 e. The lowest BCUT2D eigenvalue weighted by Gasteiger charge is -2.31. The second kappa shape index (κ2) is 3.76. The van der Waals surface area contributed by atoms with Gasteiger partial charge in [0.25, 0.3) is 0 Å². The second-order valence-electron chi connectivity index (χ2n) is 2.58. The molecule has 1 aliphatic heterocycles. The number of thiol groups is 1. The highest BCUT2D eigenvalue weighted by Crippen LogP contribution is 2.22. The van der Waals surface area contributed by atoms with Gasteiger partial charge in [-0.3, -0.25) is 0 Å². The minimum absolute atomic E-state index is 0.795. The molecule has 1 atom stereocenters. The molecule has 1 fully saturated rings. The summed E-state index contributed by atoms with van der Waals surface area (Å²) >= 11 is 4.24. The van der Waals surface area contributed by atoms with Crippen LogP contribution in [0, 0.1) is 0 Å². The maximum absolute atomic E-state index is 5.60. The molecule has 1 heterocycles. The summed E-state index contributed by atoms with van der Waals surface area (Å²) in [5.74, 6) is 0. The summed E-state index contributed by atoms with van der Waals surface area (Å²) in [7, 11) is -0.0226. The average molecular weight is 178 g/mol. The van der Waals surface area contributed by atoms with Gasteiger partial charge < -0.3 is 8.85 Å². The Morgan fingerprint density at radius 1 is 1.60 bits per heavy atom. The van der Waals surface area contributed by atoms with Gasteiger partial charge in [-0.15, -0.1) is 0 Å². The molecule has 0 aromatic carbocycles. The van der Waals surface area contributed by atoms with Gasteiger partial charge >= 0.3 is 8.56 Å². The smallest absolute Gasteiger partial charge is 0.347 e. The molecule has 0 radical (unpaired) electrons. The Balaban J connectivity index is 2.44. The van der Waals surface area contributed by atoms with Gasteiger partial charge in [0.05, 0.1) is 0 Å². The van der Waals surface area contributed by atoms with Gasteiger partial charge in [-0.1, -0.05) is 0 Å². The normalized spacial score (nSPS) is 34.2. The van der Waals surface area contributed by atoms with Gasteiger partial charge in [0.15, 0.2) is 0 Å². The van der Waals surface area contributed by atoms with Gasteiger partial charge in [-0.2, -0.15) is 12.6 Å². The molecule has 4 heteroatoms. The highest BCUT2D eigenvalue weighted by Gasteiger charge is 2.36. The SMILES string of the molecule is CO[Si]1(CS)CCCCO1. The Hall–Kier alpha value is 0.487. The minimum atomic E-state index is -1.77. The van der Waals surface area contributed by atoms with Crippen LogP contribution in [0.4, 0.5) is 0 Å². The Kier molecular flexibility index (Phi) is 3.22. The molecular formula is C6H14O2SSi. The zero-order valence-corrected chi connectivity index (χ0v) is 8.19. The van der Waals surface area contributed by atoms with E-state index in [-0.39, 0.29) is 0 Å². The molecule has 1 saturated heterocycles. The lowest BCUT2D eigenvalue weighted by atomic mass is 10.4. The molecule has 1 unspecified atom stereocenters. The van der Waals surface area contributed by atoms with Crippen molar-refractivity contribution >= 4 is 21.2 Å². The van der Waals surface area contributed by atoms with Crippen molar-refractivity contribution in [1.82, 2.24) is 0 Å². The standard InChI is InChI=1S/C6H14O2SSi/c1-7-10(6-9)5-3-2-4-8-10/h9H,2-6H2,1H3. The zero-order chi connectivity index (χ0) is 7.45. The van der Waals surface area contributed by atoms with E-state index < -0.39 is 8.56 Å². The van der Waals surface area contributed by atoms with Crippen molar-refractivity contribution < 1.29 is 8.85 Å². The molecule has 0 bridgehead atoms. The van der Waals surface area contributed by atoms with Crippen molar-refractivity contribution in [2.75, 3.05) is 19.1 Å². The Bertz CT molecular complexity index is 97.9. The van der Waals surface area contributed by atoms with E-state index >= 15 is 0 Å². The first-order valence-corrected chi connectivity index (χ1v) is 6.49. The highest BCUT2D eigenvalue weighted by molar-refractivity contribution is 7.82. The molecule has 0 saturated carbocycles. The van der Waals surface area contributed by atoms with Gasteiger partial charge in [0.2, 0.25) is 0 Å². The lowest BCUT2D eigenvalue weighted by Crippen LogP contribution is -2.46. The summed E-state index contributed by atoms with van der Waals surface area (Å²) in [6.45, 7) is 0.876. The predicted octanol–water partition coefficient (Wildman–Crippen LogP) is 1.35.